The van der Waals surface area contributed by atoms with Gasteiger partial charge in [-0.2, -0.15) is 0 Å². The van der Waals surface area contributed by atoms with Gasteiger partial charge in [-0.1, -0.05) is 23.2 Å². The molecule has 0 aliphatic carbocycles. The molecule has 0 saturated carbocycles. The Balaban J connectivity index is 2.68. The molecule has 0 fully saturated rings. The minimum atomic E-state index is -0.0648. The Morgan fingerprint density at radius 2 is 2.12 bits per heavy atom. The van der Waals surface area contributed by atoms with Crippen LogP contribution < -0.4 is 10.6 Å². The molecular weight excluding hydrogens is 247 g/mol. The molecule has 1 unspecified atom stereocenters. The summed E-state index contributed by atoms with van der Waals surface area (Å²) in [6.45, 7) is 2.18. The highest BCUT2D eigenvalue weighted by atomic mass is 35.5. The van der Waals surface area contributed by atoms with Crippen molar-refractivity contribution in [3.8, 4) is 0 Å². The Bertz CT molecular complexity index is 382. The van der Waals surface area contributed by atoms with E-state index in [1.54, 1.807) is 25.2 Å². The van der Waals surface area contributed by atoms with Gasteiger partial charge in [0.2, 0.25) is 5.91 Å². The van der Waals surface area contributed by atoms with Crippen LogP contribution in [-0.2, 0) is 4.79 Å². The Labute approximate surface area is 105 Å². The Morgan fingerprint density at radius 1 is 1.44 bits per heavy atom. The van der Waals surface area contributed by atoms with Gasteiger partial charge in [0.25, 0.3) is 0 Å². The monoisotopic (exact) mass is 260 g/mol. The summed E-state index contributed by atoms with van der Waals surface area (Å²) >= 11 is 11.9. The maximum absolute atomic E-state index is 11.1. The quantitative estimate of drug-likeness (QED) is 0.873. The zero-order chi connectivity index (χ0) is 12.1. The molecule has 0 aromatic heterocycles. The van der Waals surface area contributed by atoms with Crippen LogP contribution in [0.2, 0.25) is 10.0 Å². The van der Waals surface area contributed by atoms with E-state index in [9.17, 15) is 4.79 Å². The number of carbonyl (C=O) groups is 1. The van der Waals surface area contributed by atoms with Gasteiger partial charge in [-0.25, -0.2) is 0 Å². The first-order valence-corrected chi connectivity index (χ1v) is 5.69. The second-order valence-corrected chi connectivity index (χ2v) is 4.29. The second kappa shape index (κ2) is 6.09. The minimum absolute atomic E-state index is 0.0245. The van der Waals surface area contributed by atoms with Crippen molar-refractivity contribution in [1.82, 2.24) is 10.6 Å². The zero-order valence-electron chi connectivity index (χ0n) is 9.18. The van der Waals surface area contributed by atoms with Gasteiger partial charge < -0.3 is 10.6 Å². The molecule has 2 N–H and O–H groups in total. The van der Waals surface area contributed by atoms with Crippen molar-refractivity contribution >= 4 is 29.1 Å². The van der Waals surface area contributed by atoms with E-state index >= 15 is 0 Å². The third-order valence-corrected chi connectivity index (χ3v) is 2.85. The van der Waals surface area contributed by atoms with E-state index < -0.39 is 0 Å². The fourth-order valence-corrected chi connectivity index (χ4v) is 1.75. The van der Waals surface area contributed by atoms with Crippen molar-refractivity contribution in [2.75, 3.05) is 13.6 Å². The third kappa shape index (κ3) is 3.67. The molecule has 1 rings (SSSR count). The molecular formula is C11H14Cl2N2O. The first-order chi connectivity index (χ1) is 7.54. The van der Waals surface area contributed by atoms with E-state index in [4.69, 9.17) is 23.2 Å². The predicted octanol–water partition coefficient (Wildman–Crippen LogP) is 2.39. The summed E-state index contributed by atoms with van der Waals surface area (Å²) in [5, 5.41) is 6.87. The maximum Gasteiger partial charge on any atom is 0.233 e. The SMILES string of the molecule is CNC(=O)CNC(C)c1cc(Cl)ccc1Cl. The molecule has 1 amide bonds. The van der Waals surface area contributed by atoms with Crippen molar-refractivity contribution in [3.05, 3.63) is 33.8 Å². The number of amides is 1. The van der Waals surface area contributed by atoms with Crippen molar-refractivity contribution < 1.29 is 4.79 Å². The number of hydrogen-bond donors (Lipinski definition) is 2. The Hall–Kier alpha value is -0.770. The predicted molar refractivity (Wildman–Crippen MR) is 66.9 cm³/mol. The number of likely N-dealkylation sites (N-methyl/N-ethyl adjacent to an activating group) is 1. The van der Waals surface area contributed by atoms with E-state index in [0.717, 1.165) is 5.56 Å². The van der Waals surface area contributed by atoms with Gasteiger partial charge in [0.05, 0.1) is 6.54 Å². The summed E-state index contributed by atoms with van der Waals surface area (Å²) in [6, 6.07) is 5.25. The summed E-state index contributed by atoms with van der Waals surface area (Å²) in [6.07, 6.45) is 0. The number of rotatable bonds is 4. The molecule has 0 bridgehead atoms. The van der Waals surface area contributed by atoms with Crippen LogP contribution in [0.4, 0.5) is 0 Å². The lowest BCUT2D eigenvalue weighted by Crippen LogP contribution is -2.32. The smallest absolute Gasteiger partial charge is 0.233 e. The summed E-state index contributed by atoms with van der Waals surface area (Å²) in [5.74, 6) is -0.0648. The van der Waals surface area contributed by atoms with Crippen LogP contribution in [0.1, 0.15) is 18.5 Å². The van der Waals surface area contributed by atoms with Crippen LogP contribution in [-0.4, -0.2) is 19.5 Å². The lowest BCUT2D eigenvalue weighted by atomic mass is 10.1. The van der Waals surface area contributed by atoms with Gasteiger partial charge in [0.1, 0.15) is 0 Å². The van der Waals surface area contributed by atoms with Crippen molar-refractivity contribution in [2.45, 2.75) is 13.0 Å². The van der Waals surface area contributed by atoms with Crippen molar-refractivity contribution in [1.29, 1.82) is 0 Å². The summed E-state index contributed by atoms with van der Waals surface area (Å²) in [7, 11) is 1.60. The van der Waals surface area contributed by atoms with Gasteiger partial charge in [-0.05, 0) is 30.7 Å². The highest BCUT2D eigenvalue weighted by Crippen LogP contribution is 2.25. The normalized spacial score (nSPS) is 12.2. The first kappa shape index (κ1) is 13.3. The molecule has 0 spiro atoms. The van der Waals surface area contributed by atoms with E-state index in [2.05, 4.69) is 10.6 Å². The molecule has 0 heterocycles. The molecule has 1 atom stereocenters. The molecule has 3 nitrogen and oxygen atoms in total. The molecule has 88 valence electrons. The molecule has 0 aliphatic heterocycles. The molecule has 1 aromatic carbocycles. The van der Waals surface area contributed by atoms with Gasteiger partial charge >= 0.3 is 0 Å². The highest BCUT2D eigenvalue weighted by Gasteiger charge is 2.10. The van der Waals surface area contributed by atoms with E-state index in [0.29, 0.717) is 10.0 Å². The average molecular weight is 261 g/mol. The molecule has 0 radical (unpaired) electrons. The van der Waals surface area contributed by atoms with Crippen molar-refractivity contribution in [3.63, 3.8) is 0 Å². The van der Waals surface area contributed by atoms with Gasteiger partial charge in [-0.15, -0.1) is 0 Å². The number of halogens is 2. The topological polar surface area (TPSA) is 41.1 Å². The van der Waals surface area contributed by atoms with E-state index in [-0.39, 0.29) is 18.5 Å². The molecule has 0 aliphatic rings. The Morgan fingerprint density at radius 3 is 2.75 bits per heavy atom. The fraction of sp³-hybridized carbons (Fsp3) is 0.364. The standard InChI is InChI=1S/C11H14Cl2N2O/c1-7(15-6-11(16)14-2)9-5-8(12)3-4-10(9)13/h3-5,7,15H,6H2,1-2H3,(H,14,16). The fourth-order valence-electron chi connectivity index (χ4n) is 1.29. The first-order valence-electron chi connectivity index (χ1n) is 4.93. The average Bonchev–Trinajstić information content (AvgIpc) is 2.28. The highest BCUT2D eigenvalue weighted by molar-refractivity contribution is 6.33. The lowest BCUT2D eigenvalue weighted by molar-refractivity contribution is -0.119. The largest absolute Gasteiger partial charge is 0.358 e. The van der Waals surface area contributed by atoms with Gasteiger partial charge in [-0.3, -0.25) is 4.79 Å². The summed E-state index contributed by atoms with van der Waals surface area (Å²) in [5.41, 5.74) is 0.887. The van der Waals surface area contributed by atoms with Crippen LogP contribution in [0.15, 0.2) is 18.2 Å². The van der Waals surface area contributed by atoms with Crippen LogP contribution in [0, 0.1) is 0 Å². The summed E-state index contributed by atoms with van der Waals surface area (Å²) in [4.78, 5) is 11.1. The molecule has 0 saturated heterocycles. The van der Waals surface area contributed by atoms with Crippen molar-refractivity contribution in [2.24, 2.45) is 0 Å². The number of carbonyl (C=O) groups excluding carboxylic acids is 1. The lowest BCUT2D eigenvalue weighted by Gasteiger charge is -2.15. The molecule has 5 heteroatoms. The van der Waals surface area contributed by atoms with Gasteiger partial charge in [0.15, 0.2) is 0 Å². The Kier molecular flexibility index (Phi) is 5.06. The number of hydrogen-bond acceptors (Lipinski definition) is 2. The third-order valence-electron chi connectivity index (χ3n) is 2.27. The minimum Gasteiger partial charge on any atom is -0.358 e. The zero-order valence-corrected chi connectivity index (χ0v) is 10.7. The van der Waals surface area contributed by atoms with Crippen LogP contribution >= 0.6 is 23.2 Å². The maximum atomic E-state index is 11.1. The van der Waals surface area contributed by atoms with Crippen LogP contribution in [0.3, 0.4) is 0 Å². The number of benzene rings is 1. The van der Waals surface area contributed by atoms with Gasteiger partial charge in [0, 0.05) is 23.1 Å². The molecule has 16 heavy (non-hydrogen) atoms. The van der Waals surface area contributed by atoms with E-state index in [1.807, 2.05) is 6.92 Å². The summed E-state index contributed by atoms with van der Waals surface area (Å²) < 4.78 is 0. The second-order valence-electron chi connectivity index (χ2n) is 3.44. The van der Waals surface area contributed by atoms with Crippen LogP contribution in [0.25, 0.3) is 0 Å². The van der Waals surface area contributed by atoms with E-state index in [1.165, 1.54) is 0 Å². The number of nitrogens with one attached hydrogen (secondary N) is 2. The van der Waals surface area contributed by atoms with Crippen LogP contribution in [0.5, 0.6) is 0 Å². The molecule has 1 aromatic rings.